The average molecular weight is 387 g/mol. The minimum Gasteiger partial charge on any atom is -0.469 e. The summed E-state index contributed by atoms with van der Waals surface area (Å²) in [5, 5.41) is 0. The molecule has 1 unspecified atom stereocenters. The van der Waals surface area contributed by atoms with Crippen LogP contribution in [-0.2, 0) is 14.0 Å². The number of hydrogen-bond acceptors (Lipinski definition) is 3. The third-order valence-electron chi connectivity index (χ3n) is 4.77. The van der Waals surface area contributed by atoms with Crippen LogP contribution in [0.2, 0.25) is 19.6 Å². The molecule has 0 rings (SSSR count). The van der Waals surface area contributed by atoms with E-state index in [0.717, 1.165) is 12.8 Å². The molecule has 0 fully saturated rings. The molecule has 0 spiro atoms. The summed E-state index contributed by atoms with van der Waals surface area (Å²) < 4.78 is 11.0. The molecule has 4 heteroatoms. The van der Waals surface area contributed by atoms with Crippen molar-refractivity contribution in [2.45, 2.75) is 129 Å². The fraction of sp³-hybridized carbons (Fsp3) is 0.955. The van der Waals surface area contributed by atoms with Gasteiger partial charge in [-0.1, -0.05) is 90.4 Å². The van der Waals surface area contributed by atoms with E-state index in [2.05, 4.69) is 26.6 Å². The quantitative estimate of drug-likeness (QED) is 0.141. The summed E-state index contributed by atoms with van der Waals surface area (Å²) in [6, 6.07) is 0. The molecule has 3 nitrogen and oxygen atoms in total. The van der Waals surface area contributed by atoms with Gasteiger partial charge in [-0.25, -0.2) is 0 Å². The number of unbranched alkanes of at least 4 members (excludes halogenated alkanes) is 12. The van der Waals surface area contributed by atoms with E-state index in [-0.39, 0.29) is 12.1 Å². The summed E-state index contributed by atoms with van der Waals surface area (Å²) in [4.78, 5) is 11.6. The zero-order valence-corrected chi connectivity index (χ0v) is 19.4. The molecule has 156 valence electrons. The Hall–Kier alpha value is -0.353. The molecule has 0 aliphatic heterocycles. The molecule has 0 saturated heterocycles. The van der Waals surface area contributed by atoms with Gasteiger partial charge in [-0.3, -0.25) is 4.79 Å². The third-order valence-corrected chi connectivity index (χ3v) is 5.81. The maximum Gasteiger partial charge on any atom is 0.308 e. The molecular formula is C22H46O3Si. The van der Waals surface area contributed by atoms with Crippen LogP contribution in [0, 0.1) is 0 Å². The zero-order chi connectivity index (χ0) is 19.7. The van der Waals surface area contributed by atoms with Crippen LogP contribution >= 0.6 is 0 Å². The Balaban J connectivity index is 3.58. The first-order valence-electron chi connectivity index (χ1n) is 11.1. The van der Waals surface area contributed by atoms with Crippen molar-refractivity contribution in [2.24, 2.45) is 0 Å². The molecule has 0 aliphatic rings. The lowest BCUT2D eigenvalue weighted by Crippen LogP contribution is -2.33. The summed E-state index contributed by atoms with van der Waals surface area (Å²) in [6.07, 6.45) is 19.2. The standard InChI is InChI=1S/C22H46O3Si/c1-6-7-8-9-10-11-12-13-14-15-16-17-18-19-21(20-22(23)24-2)25-26(3,4)5/h21H,6-20H2,1-5H3. The van der Waals surface area contributed by atoms with E-state index in [9.17, 15) is 4.79 Å². The van der Waals surface area contributed by atoms with Crippen LogP contribution in [0.3, 0.4) is 0 Å². The van der Waals surface area contributed by atoms with Crippen LogP contribution in [0.4, 0.5) is 0 Å². The molecule has 0 aromatic rings. The maximum absolute atomic E-state index is 11.6. The fourth-order valence-electron chi connectivity index (χ4n) is 3.36. The topological polar surface area (TPSA) is 35.5 Å². The predicted octanol–water partition coefficient (Wildman–Crippen LogP) is 7.25. The first-order valence-corrected chi connectivity index (χ1v) is 14.5. The minimum absolute atomic E-state index is 0.0434. The molecule has 0 aromatic heterocycles. The Morgan fingerprint density at radius 1 is 0.769 bits per heavy atom. The Labute approximate surface area is 164 Å². The van der Waals surface area contributed by atoms with E-state index in [1.165, 1.54) is 84.2 Å². The van der Waals surface area contributed by atoms with Gasteiger partial charge in [0.15, 0.2) is 8.32 Å². The van der Waals surface area contributed by atoms with Crippen LogP contribution in [0.25, 0.3) is 0 Å². The summed E-state index contributed by atoms with van der Waals surface area (Å²) >= 11 is 0. The highest BCUT2D eigenvalue weighted by molar-refractivity contribution is 6.69. The number of hydrogen-bond donors (Lipinski definition) is 0. The van der Waals surface area contributed by atoms with Gasteiger partial charge in [0.25, 0.3) is 0 Å². The van der Waals surface area contributed by atoms with E-state index in [0.29, 0.717) is 6.42 Å². The monoisotopic (exact) mass is 386 g/mol. The van der Waals surface area contributed by atoms with Gasteiger partial charge in [0, 0.05) is 0 Å². The van der Waals surface area contributed by atoms with Crippen molar-refractivity contribution in [1.29, 1.82) is 0 Å². The van der Waals surface area contributed by atoms with Crippen molar-refractivity contribution in [3.8, 4) is 0 Å². The van der Waals surface area contributed by atoms with E-state index in [4.69, 9.17) is 9.16 Å². The smallest absolute Gasteiger partial charge is 0.308 e. The van der Waals surface area contributed by atoms with Gasteiger partial charge in [-0.2, -0.15) is 0 Å². The van der Waals surface area contributed by atoms with Gasteiger partial charge < -0.3 is 9.16 Å². The van der Waals surface area contributed by atoms with E-state index >= 15 is 0 Å². The van der Waals surface area contributed by atoms with Crippen LogP contribution in [0.5, 0.6) is 0 Å². The maximum atomic E-state index is 11.6. The molecule has 0 N–H and O–H groups in total. The SMILES string of the molecule is CCCCCCCCCCCCCCCC(CC(=O)OC)O[Si](C)(C)C. The number of carbonyl (C=O) groups is 1. The zero-order valence-electron chi connectivity index (χ0n) is 18.4. The number of esters is 1. The predicted molar refractivity (Wildman–Crippen MR) is 115 cm³/mol. The second-order valence-electron chi connectivity index (χ2n) is 8.66. The average Bonchev–Trinajstić information content (AvgIpc) is 2.57. The minimum atomic E-state index is -1.61. The number of carbonyl (C=O) groups excluding carboxylic acids is 1. The van der Waals surface area contributed by atoms with Gasteiger partial charge in [0.1, 0.15) is 0 Å². The van der Waals surface area contributed by atoms with Crippen molar-refractivity contribution in [1.82, 2.24) is 0 Å². The highest BCUT2D eigenvalue weighted by Crippen LogP contribution is 2.18. The number of methoxy groups -OCH3 is 1. The second kappa shape index (κ2) is 16.8. The first-order chi connectivity index (χ1) is 12.4. The lowest BCUT2D eigenvalue weighted by molar-refractivity contribution is -0.142. The largest absolute Gasteiger partial charge is 0.469 e. The van der Waals surface area contributed by atoms with Crippen LogP contribution in [-0.4, -0.2) is 27.5 Å². The fourth-order valence-corrected chi connectivity index (χ4v) is 4.56. The van der Waals surface area contributed by atoms with E-state index in [1.807, 2.05) is 0 Å². The summed E-state index contributed by atoms with van der Waals surface area (Å²) in [5.74, 6) is -0.150. The van der Waals surface area contributed by atoms with Gasteiger partial charge in [-0.15, -0.1) is 0 Å². The van der Waals surface area contributed by atoms with Crippen LogP contribution in [0.15, 0.2) is 0 Å². The number of ether oxygens (including phenoxy) is 1. The molecule has 0 aliphatic carbocycles. The molecule has 0 amide bonds. The van der Waals surface area contributed by atoms with Crippen molar-refractivity contribution >= 4 is 14.3 Å². The van der Waals surface area contributed by atoms with Gasteiger partial charge in [0.05, 0.1) is 19.6 Å². The summed E-state index contributed by atoms with van der Waals surface area (Å²) in [6.45, 7) is 8.82. The van der Waals surface area contributed by atoms with Gasteiger partial charge in [-0.05, 0) is 26.1 Å². The Morgan fingerprint density at radius 2 is 1.19 bits per heavy atom. The molecule has 26 heavy (non-hydrogen) atoms. The molecule has 0 bridgehead atoms. The Bertz CT molecular complexity index is 326. The molecule has 0 radical (unpaired) electrons. The third kappa shape index (κ3) is 18.4. The highest BCUT2D eigenvalue weighted by Gasteiger charge is 2.23. The van der Waals surface area contributed by atoms with Crippen LogP contribution in [0.1, 0.15) is 103 Å². The molecule has 0 saturated carbocycles. The van der Waals surface area contributed by atoms with Crippen molar-refractivity contribution in [2.75, 3.05) is 7.11 Å². The lowest BCUT2D eigenvalue weighted by Gasteiger charge is -2.25. The lowest BCUT2D eigenvalue weighted by atomic mass is 10.0. The number of rotatable bonds is 18. The highest BCUT2D eigenvalue weighted by atomic mass is 28.4. The molecule has 1 atom stereocenters. The van der Waals surface area contributed by atoms with Crippen molar-refractivity contribution < 1.29 is 14.0 Å². The van der Waals surface area contributed by atoms with Crippen LogP contribution < -0.4 is 0 Å². The van der Waals surface area contributed by atoms with Gasteiger partial charge in [0.2, 0.25) is 0 Å². The van der Waals surface area contributed by atoms with Crippen molar-refractivity contribution in [3.05, 3.63) is 0 Å². The van der Waals surface area contributed by atoms with E-state index in [1.54, 1.807) is 0 Å². The van der Waals surface area contributed by atoms with Crippen molar-refractivity contribution in [3.63, 3.8) is 0 Å². The Kier molecular flexibility index (Phi) is 16.6. The molecule has 0 heterocycles. The summed E-state index contributed by atoms with van der Waals surface area (Å²) in [7, 11) is -0.155. The molecular weight excluding hydrogens is 340 g/mol. The summed E-state index contributed by atoms with van der Waals surface area (Å²) in [5.41, 5.74) is 0. The van der Waals surface area contributed by atoms with E-state index < -0.39 is 8.32 Å². The Morgan fingerprint density at radius 3 is 1.58 bits per heavy atom. The first kappa shape index (κ1) is 25.6. The second-order valence-corrected chi connectivity index (χ2v) is 13.1. The molecule has 0 aromatic carbocycles. The van der Waals surface area contributed by atoms with Gasteiger partial charge >= 0.3 is 5.97 Å². The normalized spacial score (nSPS) is 13.0.